The van der Waals surface area contributed by atoms with Gasteiger partial charge in [-0.2, -0.15) is 18.3 Å². The van der Waals surface area contributed by atoms with Crippen LogP contribution < -0.4 is 0 Å². The number of hydrogen-bond acceptors (Lipinski definition) is 1. The van der Waals surface area contributed by atoms with E-state index in [9.17, 15) is 13.2 Å². The molecular formula is C14H13Cl2F3N2. The van der Waals surface area contributed by atoms with Gasteiger partial charge in [0.25, 0.3) is 0 Å². The number of aromatic nitrogens is 2. The van der Waals surface area contributed by atoms with Crippen molar-refractivity contribution in [1.29, 1.82) is 0 Å². The first kappa shape index (κ1) is 16.2. The van der Waals surface area contributed by atoms with Crippen LogP contribution in [-0.2, 0) is 11.6 Å². The summed E-state index contributed by atoms with van der Waals surface area (Å²) in [5, 5.41) is 4.14. The lowest BCUT2D eigenvalue weighted by atomic mass is 9.91. The van der Waals surface area contributed by atoms with Crippen LogP contribution in [0.1, 0.15) is 32.2 Å². The Bertz CT molecular complexity index is 650. The maximum absolute atomic E-state index is 12.9. The van der Waals surface area contributed by atoms with Crippen molar-refractivity contribution in [2.45, 2.75) is 32.4 Å². The van der Waals surface area contributed by atoms with E-state index in [4.69, 9.17) is 23.2 Å². The van der Waals surface area contributed by atoms with Crippen molar-refractivity contribution in [3.8, 4) is 5.69 Å². The zero-order chi connectivity index (χ0) is 16.0. The highest BCUT2D eigenvalue weighted by Gasteiger charge is 2.37. The van der Waals surface area contributed by atoms with E-state index in [0.29, 0.717) is 5.69 Å². The lowest BCUT2D eigenvalue weighted by molar-refractivity contribution is -0.141. The number of halogens is 5. The summed E-state index contributed by atoms with van der Waals surface area (Å²) in [5.41, 5.74) is -0.895. The first-order valence-electron chi connectivity index (χ1n) is 6.14. The molecule has 0 aliphatic carbocycles. The van der Waals surface area contributed by atoms with Crippen LogP contribution in [0, 0.1) is 0 Å². The monoisotopic (exact) mass is 336 g/mol. The van der Waals surface area contributed by atoms with E-state index in [2.05, 4.69) is 5.10 Å². The predicted molar refractivity (Wildman–Crippen MR) is 77.3 cm³/mol. The quantitative estimate of drug-likeness (QED) is 0.672. The van der Waals surface area contributed by atoms with Crippen LogP contribution in [0.2, 0.25) is 10.0 Å². The Morgan fingerprint density at radius 1 is 1.05 bits per heavy atom. The van der Waals surface area contributed by atoms with Gasteiger partial charge >= 0.3 is 6.18 Å². The Morgan fingerprint density at radius 2 is 1.57 bits per heavy atom. The average Bonchev–Trinajstić information content (AvgIpc) is 2.72. The number of hydrogen-bond donors (Lipinski definition) is 0. The third-order valence-electron chi connectivity index (χ3n) is 2.92. The smallest absolute Gasteiger partial charge is 0.234 e. The topological polar surface area (TPSA) is 17.8 Å². The van der Waals surface area contributed by atoms with Crippen molar-refractivity contribution < 1.29 is 13.2 Å². The second-order valence-electron chi connectivity index (χ2n) is 5.64. The molecule has 0 atom stereocenters. The Hall–Kier alpha value is -1.20. The minimum absolute atomic E-state index is 0.241. The molecule has 0 unspecified atom stereocenters. The highest BCUT2D eigenvalue weighted by Crippen LogP contribution is 2.36. The normalized spacial score (nSPS) is 12.8. The average molecular weight is 337 g/mol. The molecule has 0 aliphatic rings. The van der Waals surface area contributed by atoms with Crippen LogP contribution in [0.5, 0.6) is 0 Å². The van der Waals surface area contributed by atoms with E-state index >= 15 is 0 Å². The first-order chi connectivity index (χ1) is 9.51. The summed E-state index contributed by atoms with van der Waals surface area (Å²) in [6.07, 6.45) is -4.53. The molecule has 1 heterocycles. The molecule has 1 aromatic heterocycles. The Morgan fingerprint density at radius 3 is 2.00 bits per heavy atom. The lowest BCUT2D eigenvalue weighted by Crippen LogP contribution is -2.17. The Balaban J connectivity index is 2.76. The fourth-order valence-corrected chi connectivity index (χ4v) is 2.47. The summed E-state index contributed by atoms with van der Waals surface area (Å²) < 4.78 is 40.0. The second-order valence-corrected chi connectivity index (χ2v) is 6.46. The second kappa shape index (κ2) is 5.21. The molecule has 0 N–H and O–H groups in total. The van der Waals surface area contributed by atoms with Gasteiger partial charge in [-0.05, 0) is 18.2 Å². The van der Waals surface area contributed by atoms with Crippen LogP contribution in [0.3, 0.4) is 0 Å². The van der Waals surface area contributed by atoms with Gasteiger partial charge in [0.05, 0.1) is 15.7 Å². The molecule has 0 aliphatic heterocycles. The summed E-state index contributed by atoms with van der Waals surface area (Å²) in [4.78, 5) is 0. The summed E-state index contributed by atoms with van der Waals surface area (Å²) in [7, 11) is 0. The van der Waals surface area contributed by atoms with Gasteiger partial charge in [-0.15, -0.1) is 0 Å². The third kappa shape index (κ3) is 3.19. The lowest BCUT2D eigenvalue weighted by Gasteiger charge is -2.21. The number of alkyl halides is 3. The summed E-state index contributed by atoms with van der Waals surface area (Å²) in [6.45, 7) is 5.39. The molecule has 0 amide bonds. The highest BCUT2D eigenvalue weighted by atomic mass is 35.5. The van der Waals surface area contributed by atoms with E-state index < -0.39 is 17.3 Å². The van der Waals surface area contributed by atoms with Crippen LogP contribution in [0.15, 0.2) is 24.3 Å². The fraction of sp³-hybridized carbons (Fsp3) is 0.357. The Labute approximate surface area is 130 Å². The molecule has 1 aromatic carbocycles. The van der Waals surface area contributed by atoms with E-state index in [1.54, 1.807) is 39.0 Å². The standard InChI is InChI=1S/C14H13Cl2F3N2/c1-13(2,3)11-7-10(14(17,18)19)20-21(11)12-8(15)5-4-6-9(12)16/h4-7H,1-3H3. The van der Waals surface area contributed by atoms with Gasteiger partial charge in [0.15, 0.2) is 5.69 Å². The summed E-state index contributed by atoms with van der Waals surface area (Å²) >= 11 is 12.2. The number of rotatable bonds is 1. The first-order valence-corrected chi connectivity index (χ1v) is 6.89. The third-order valence-corrected chi connectivity index (χ3v) is 3.53. The predicted octanol–water partition coefficient (Wildman–Crippen LogP) is 5.50. The molecule has 0 bridgehead atoms. The van der Waals surface area contributed by atoms with Gasteiger partial charge in [-0.25, -0.2) is 4.68 Å². The van der Waals surface area contributed by atoms with E-state index in [-0.39, 0.29) is 15.7 Å². The molecule has 21 heavy (non-hydrogen) atoms. The molecule has 7 heteroatoms. The van der Waals surface area contributed by atoms with Gasteiger partial charge in [-0.1, -0.05) is 50.0 Å². The van der Waals surface area contributed by atoms with Gasteiger partial charge in [-0.3, -0.25) is 0 Å². The van der Waals surface area contributed by atoms with Crippen LogP contribution in [0.25, 0.3) is 5.69 Å². The molecule has 0 radical (unpaired) electrons. The van der Waals surface area contributed by atoms with E-state index in [1.807, 2.05) is 0 Å². The molecule has 0 saturated carbocycles. The van der Waals surface area contributed by atoms with Crippen molar-refractivity contribution in [3.63, 3.8) is 0 Å². The number of para-hydroxylation sites is 1. The molecule has 2 nitrogen and oxygen atoms in total. The van der Waals surface area contributed by atoms with E-state index in [0.717, 1.165) is 6.07 Å². The van der Waals surface area contributed by atoms with Gasteiger partial charge in [0.2, 0.25) is 0 Å². The SMILES string of the molecule is CC(C)(C)c1cc(C(F)(F)F)nn1-c1c(Cl)cccc1Cl. The summed E-state index contributed by atoms with van der Waals surface area (Å²) in [5.74, 6) is 0. The largest absolute Gasteiger partial charge is 0.435 e. The van der Waals surface area contributed by atoms with Crippen LogP contribution in [0.4, 0.5) is 13.2 Å². The minimum Gasteiger partial charge on any atom is -0.234 e. The zero-order valence-corrected chi connectivity index (χ0v) is 13.1. The van der Waals surface area contributed by atoms with Gasteiger partial charge in [0, 0.05) is 5.41 Å². The molecular weight excluding hydrogens is 324 g/mol. The van der Waals surface area contributed by atoms with Crippen molar-refractivity contribution in [3.05, 3.63) is 45.7 Å². The van der Waals surface area contributed by atoms with E-state index in [1.165, 1.54) is 4.68 Å². The van der Waals surface area contributed by atoms with Crippen molar-refractivity contribution in [1.82, 2.24) is 9.78 Å². The molecule has 2 rings (SSSR count). The maximum Gasteiger partial charge on any atom is 0.435 e. The summed E-state index contributed by atoms with van der Waals surface area (Å²) in [6, 6.07) is 5.77. The zero-order valence-electron chi connectivity index (χ0n) is 11.6. The maximum atomic E-state index is 12.9. The minimum atomic E-state index is -4.53. The number of nitrogens with zero attached hydrogens (tertiary/aromatic N) is 2. The Kier molecular flexibility index (Phi) is 4.02. The molecule has 0 spiro atoms. The van der Waals surface area contributed by atoms with Gasteiger partial charge in [0.1, 0.15) is 5.69 Å². The molecule has 2 aromatic rings. The molecule has 0 fully saturated rings. The molecule has 0 saturated heterocycles. The van der Waals surface area contributed by atoms with Crippen molar-refractivity contribution >= 4 is 23.2 Å². The highest BCUT2D eigenvalue weighted by molar-refractivity contribution is 6.37. The number of benzene rings is 1. The fourth-order valence-electron chi connectivity index (χ4n) is 1.92. The van der Waals surface area contributed by atoms with Crippen LogP contribution in [-0.4, -0.2) is 9.78 Å². The van der Waals surface area contributed by atoms with Crippen molar-refractivity contribution in [2.75, 3.05) is 0 Å². The van der Waals surface area contributed by atoms with Gasteiger partial charge < -0.3 is 0 Å². The van der Waals surface area contributed by atoms with Crippen molar-refractivity contribution in [2.24, 2.45) is 0 Å². The molecule has 114 valence electrons. The van der Waals surface area contributed by atoms with Crippen LogP contribution >= 0.6 is 23.2 Å².